The van der Waals surface area contributed by atoms with Crippen LogP contribution in [0.3, 0.4) is 0 Å². The molecule has 2 amide bonds. The van der Waals surface area contributed by atoms with Crippen LogP contribution < -0.4 is 15.4 Å². The quantitative estimate of drug-likeness (QED) is 0.657. The first-order valence-corrected chi connectivity index (χ1v) is 10.9. The molecule has 160 valence electrons. The fourth-order valence-corrected chi connectivity index (χ4v) is 4.03. The molecule has 0 bridgehead atoms. The number of nitrogens with one attached hydrogen (secondary N) is 2. The zero-order valence-electron chi connectivity index (χ0n) is 18.2. The highest BCUT2D eigenvalue weighted by atomic mass is 16.5. The Bertz CT molecular complexity index is 730. The van der Waals surface area contributed by atoms with Crippen LogP contribution in [0.5, 0.6) is 5.75 Å². The third kappa shape index (κ3) is 6.46. The van der Waals surface area contributed by atoms with Gasteiger partial charge in [0.25, 0.3) is 0 Å². The maximum absolute atomic E-state index is 12.3. The Morgan fingerprint density at radius 1 is 1.17 bits per heavy atom. The smallest absolute Gasteiger partial charge is 0.309 e. The molecular formula is C23H35N3O3. The number of amides is 2. The van der Waals surface area contributed by atoms with E-state index in [9.17, 15) is 9.59 Å². The van der Waals surface area contributed by atoms with Crippen LogP contribution in [0.25, 0.3) is 0 Å². The summed E-state index contributed by atoms with van der Waals surface area (Å²) >= 11 is 0. The van der Waals surface area contributed by atoms with Gasteiger partial charge in [0, 0.05) is 37.3 Å². The minimum Gasteiger partial charge on any atom is -0.490 e. The predicted molar refractivity (Wildman–Crippen MR) is 114 cm³/mol. The second-order valence-electron chi connectivity index (χ2n) is 9.04. The summed E-state index contributed by atoms with van der Waals surface area (Å²) in [6.45, 7) is 10.6. The molecule has 1 aromatic rings. The molecule has 1 aliphatic heterocycles. The summed E-state index contributed by atoms with van der Waals surface area (Å²) in [5, 5.41) is 5.63. The molecular weight excluding hydrogens is 366 g/mol. The van der Waals surface area contributed by atoms with Crippen LogP contribution in [0, 0.1) is 12.8 Å². The van der Waals surface area contributed by atoms with Crippen molar-refractivity contribution < 1.29 is 14.3 Å². The molecule has 2 N–H and O–H groups in total. The largest absolute Gasteiger partial charge is 0.490 e. The van der Waals surface area contributed by atoms with Gasteiger partial charge in [-0.3, -0.25) is 14.5 Å². The summed E-state index contributed by atoms with van der Waals surface area (Å²) in [7, 11) is 0. The number of benzene rings is 1. The van der Waals surface area contributed by atoms with Gasteiger partial charge in [0.1, 0.15) is 5.75 Å². The maximum Gasteiger partial charge on any atom is 0.309 e. The van der Waals surface area contributed by atoms with Gasteiger partial charge in [0.2, 0.25) is 0 Å². The Balaban J connectivity index is 1.50. The van der Waals surface area contributed by atoms with Crippen molar-refractivity contribution >= 4 is 11.8 Å². The van der Waals surface area contributed by atoms with Crippen molar-refractivity contribution in [3.63, 3.8) is 0 Å². The fourth-order valence-electron chi connectivity index (χ4n) is 4.03. The standard InChI is InChI=1S/C23H35N3O3/c1-15(2)11-17(4)29-21-12-16(3)5-6-18(21)13-24-22(27)23(28)25-19-9-10-26(14-19)20-7-8-20/h5-6,12,15,17,19-20H,7-11,13-14H2,1-4H3,(H,24,27)(H,25,28). The Morgan fingerprint density at radius 3 is 2.62 bits per heavy atom. The molecule has 29 heavy (non-hydrogen) atoms. The second kappa shape index (κ2) is 9.61. The van der Waals surface area contributed by atoms with E-state index in [4.69, 9.17) is 4.74 Å². The van der Waals surface area contributed by atoms with E-state index in [1.165, 1.54) is 12.8 Å². The summed E-state index contributed by atoms with van der Waals surface area (Å²) in [6, 6.07) is 6.71. The minimum absolute atomic E-state index is 0.0732. The Morgan fingerprint density at radius 2 is 1.93 bits per heavy atom. The Labute approximate surface area is 174 Å². The predicted octanol–water partition coefficient (Wildman–Crippen LogP) is 2.78. The van der Waals surface area contributed by atoms with Crippen LogP contribution in [-0.2, 0) is 16.1 Å². The number of likely N-dealkylation sites (tertiary alicyclic amines) is 1. The van der Waals surface area contributed by atoms with Gasteiger partial charge in [0.05, 0.1) is 6.10 Å². The van der Waals surface area contributed by atoms with Crippen LogP contribution in [0.4, 0.5) is 0 Å². The lowest BCUT2D eigenvalue weighted by molar-refractivity contribution is -0.139. The molecule has 3 rings (SSSR count). The van der Waals surface area contributed by atoms with Crippen LogP contribution in [-0.4, -0.2) is 48.0 Å². The minimum atomic E-state index is -0.586. The summed E-state index contributed by atoms with van der Waals surface area (Å²) in [5.41, 5.74) is 1.99. The Hall–Kier alpha value is -2.08. The molecule has 2 fully saturated rings. The SMILES string of the molecule is Cc1ccc(CNC(=O)C(=O)NC2CCN(C3CC3)C2)c(OC(C)CC(C)C)c1. The number of aryl methyl sites for hydroxylation is 1. The number of ether oxygens (including phenoxy) is 1. The van der Waals surface area contributed by atoms with Gasteiger partial charge in [-0.05, 0) is 57.1 Å². The van der Waals surface area contributed by atoms with Gasteiger partial charge in [-0.1, -0.05) is 26.0 Å². The molecule has 0 spiro atoms. The first-order chi connectivity index (χ1) is 13.8. The van der Waals surface area contributed by atoms with E-state index < -0.39 is 11.8 Å². The molecule has 2 aliphatic rings. The number of hydrogen-bond donors (Lipinski definition) is 2. The van der Waals surface area contributed by atoms with Crippen LogP contribution in [0.1, 0.15) is 57.6 Å². The molecule has 6 nitrogen and oxygen atoms in total. The molecule has 1 aromatic carbocycles. The van der Waals surface area contributed by atoms with E-state index in [1.807, 2.05) is 25.1 Å². The van der Waals surface area contributed by atoms with Gasteiger partial charge in [-0.25, -0.2) is 0 Å². The average Bonchev–Trinajstić information content (AvgIpc) is 3.39. The first kappa shape index (κ1) is 21.6. The first-order valence-electron chi connectivity index (χ1n) is 10.9. The van der Waals surface area contributed by atoms with Gasteiger partial charge < -0.3 is 15.4 Å². The van der Waals surface area contributed by atoms with Gasteiger partial charge in [0.15, 0.2) is 0 Å². The van der Waals surface area contributed by atoms with E-state index in [0.717, 1.165) is 42.8 Å². The number of carbonyl (C=O) groups excluding carboxylic acids is 2. The van der Waals surface area contributed by atoms with Gasteiger partial charge in [-0.2, -0.15) is 0 Å². The summed E-state index contributed by atoms with van der Waals surface area (Å²) < 4.78 is 6.12. The lowest BCUT2D eigenvalue weighted by Gasteiger charge is -2.20. The lowest BCUT2D eigenvalue weighted by atomic mass is 10.1. The molecule has 2 atom stereocenters. The number of hydrogen-bond acceptors (Lipinski definition) is 4. The van der Waals surface area contributed by atoms with E-state index in [1.54, 1.807) is 0 Å². The second-order valence-corrected chi connectivity index (χ2v) is 9.04. The highest BCUT2D eigenvalue weighted by Crippen LogP contribution is 2.29. The normalized spacial score (nSPS) is 20.5. The zero-order valence-corrected chi connectivity index (χ0v) is 18.2. The topological polar surface area (TPSA) is 70.7 Å². The maximum atomic E-state index is 12.3. The number of nitrogens with zero attached hydrogens (tertiary/aromatic N) is 1. The van der Waals surface area contributed by atoms with Crippen molar-refractivity contribution in [3.05, 3.63) is 29.3 Å². The van der Waals surface area contributed by atoms with E-state index in [-0.39, 0.29) is 18.7 Å². The highest BCUT2D eigenvalue weighted by molar-refractivity contribution is 6.35. The summed E-state index contributed by atoms with van der Waals surface area (Å²) in [6.07, 6.45) is 4.49. The summed E-state index contributed by atoms with van der Waals surface area (Å²) in [5.74, 6) is 0.190. The van der Waals surface area contributed by atoms with Gasteiger partial charge >= 0.3 is 11.8 Å². The van der Waals surface area contributed by atoms with Gasteiger partial charge in [-0.15, -0.1) is 0 Å². The molecule has 1 aliphatic carbocycles. The zero-order chi connectivity index (χ0) is 21.0. The van der Waals surface area contributed by atoms with E-state index in [0.29, 0.717) is 12.0 Å². The Kier molecular flexibility index (Phi) is 7.17. The number of rotatable bonds is 8. The molecule has 2 unspecified atom stereocenters. The van der Waals surface area contributed by atoms with Crippen LogP contribution >= 0.6 is 0 Å². The number of carbonyl (C=O) groups is 2. The molecule has 1 saturated carbocycles. The highest BCUT2D eigenvalue weighted by Gasteiger charge is 2.35. The van der Waals surface area contributed by atoms with Crippen molar-refractivity contribution in [3.8, 4) is 5.75 Å². The van der Waals surface area contributed by atoms with Crippen LogP contribution in [0.2, 0.25) is 0 Å². The van der Waals surface area contributed by atoms with Crippen molar-refractivity contribution in [2.24, 2.45) is 5.92 Å². The molecule has 1 saturated heterocycles. The van der Waals surface area contributed by atoms with E-state index in [2.05, 4.69) is 36.3 Å². The van der Waals surface area contributed by atoms with Crippen molar-refractivity contribution in [1.82, 2.24) is 15.5 Å². The average molecular weight is 402 g/mol. The fraction of sp³-hybridized carbons (Fsp3) is 0.652. The van der Waals surface area contributed by atoms with Crippen LogP contribution in [0.15, 0.2) is 18.2 Å². The van der Waals surface area contributed by atoms with E-state index >= 15 is 0 Å². The molecule has 1 heterocycles. The summed E-state index contributed by atoms with van der Waals surface area (Å²) in [4.78, 5) is 27.0. The molecule has 0 radical (unpaired) electrons. The lowest BCUT2D eigenvalue weighted by Crippen LogP contribution is -2.45. The van der Waals surface area contributed by atoms with Crippen molar-refractivity contribution in [2.75, 3.05) is 13.1 Å². The van der Waals surface area contributed by atoms with Crippen molar-refractivity contribution in [2.45, 2.75) is 78.1 Å². The molecule has 6 heteroatoms. The monoisotopic (exact) mass is 401 g/mol. The third-order valence-electron chi connectivity index (χ3n) is 5.62. The molecule has 0 aromatic heterocycles. The third-order valence-corrected chi connectivity index (χ3v) is 5.62. The van der Waals surface area contributed by atoms with Crippen molar-refractivity contribution in [1.29, 1.82) is 0 Å².